The minimum Gasteiger partial charge on any atom is -0.369 e. The third kappa shape index (κ3) is 4.04. The summed E-state index contributed by atoms with van der Waals surface area (Å²) in [4.78, 5) is 10.6. The van der Waals surface area contributed by atoms with Crippen LogP contribution in [0.3, 0.4) is 0 Å². The van der Waals surface area contributed by atoms with Crippen molar-refractivity contribution in [2.45, 2.75) is 32.7 Å². The quantitative estimate of drug-likeness (QED) is 0.851. The summed E-state index contributed by atoms with van der Waals surface area (Å²) in [5, 5.41) is 3.63. The van der Waals surface area contributed by atoms with E-state index in [0.29, 0.717) is 5.92 Å². The number of likely N-dealkylation sites (tertiary alicyclic amines) is 1. The van der Waals surface area contributed by atoms with E-state index >= 15 is 0 Å². The maximum atomic E-state index is 5.80. The van der Waals surface area contributed by atoms with Gasteiger partial charge in [0.2, 0.25) is 5.28 Å². The molecule has 106 valence electrons. The van der Waals surface area contributed by atoms with E-state index in [4.69, 9.17) is 11.6 Å². The highest BCUT2D eigenvalue weighted by atomic mass is 79.9. The second-order valence-corrected chi connectivity index (χ2v) is 7.18. The first-order chi connectivity index (χ1) is 8.86. The molecule has 0 radical (unpaired) electrons. The molecule has 0 saturated carbocycles. The van der Waals surface area contributed by atoms with Crippen molar-refractivity contribution in [2.24, 2.45) is 5.92 Å². The monoisotopic (exact) mass is 346 g/mol. The Bertz CT molecular complexity index is 447. The van der Waals surface area contributed by atoms with Gasteiger partial charge in [-0.25, -0.2) is 4.98 Å². The molecule has 1 fully saturated rings. The van der Waals surface area contributed by atoms with Crippen LogP contribution >= 0.6 is 27.5 Å². The minimum absolute atomic E-state index is 0.257. The Kier molecular flexibility index (Phi) is 4.69. The average molecular weight is 348 g/mol. The summed E-state index contributed by atoms with van der Waals surface area (Å²) in [5.41, 5.74) is 0.257. The Morgan fingerprint density at radius 2 is 2.26 bits per heavy atom. The third-order valence-corrected chi connectivity index (χ3v) is 4.27. The number of nitrogens with one attached hydrogen (secondary N) is 1. The predicted molar refractivity (Wildman–Crippen MR) is 82.7 cm³/mol. The lowest BCUT2D eigenvalue weighted by Gasteiger charge is -2.31. The van der Waals surface area contributed by atoms with Gasteiger partial charge in [0.1, 0.15) is 5.82 Å². The number of aromatic nitrogens is 2. The van der Waals surface area contributed by atoms with Crippen LogP contribution in [0.2, 0.25) is 5.28 Å². The fourth-order valence-corrected chi connectivity index (χ4v) is 2.78. The first-order valence-electron chi connectivity index (χ1n) is 6.53. The standard InChI is InChI=1S/C13H20BrClN4/c1-13(2,3)19-5-4-9(8-19)6-16-11-10(14)7-17-12(15)18-11/h7,9H,4-6,8H2,1-3H3,(H,16,17,18)/t9-/m1/s1. The van der Waals surface area contributed by atoms with Crippen LogP contribution in [0.4, 0.5) is 5.82 Å². The fourth-order valence-electron chi connectivity index (χ4n) is 2.32. The minimum atomic E-state index is 0.257. The molecule has 1 aromatic rings. The average Bonchev–Trinajstić information content (AvgIpc) is 2.79. The summed E-state index contributed by atoms with van der Waals surface area (Å²) >= 11 is 9.23. The molecular formula is C13H20BrClN4. The van der Waals surface area contributed by atoms with Crippen molar-refractivity contribution in [2.75, 3.05) is 25.0 Å². The highest BCUT2D eigenvalue weighted by Gasteiger charge is 2.29. The molecule has 2 heterocycles. The van der Waals surface area contributed by atoms with Crippen LogP contribution in [0, 0.1) is 5.92 Å². The van der Waals surface area contributed by atoms with Gasteiger partial charge in [0, 0.05) is 24.8 Å². The maximum absolute atomic E-state index is 5.80. The number of hydrogen-bond acceptors (Lipinski definition) is 4. The Hall–Kier alpha value is -0.390. The van der Waals surface area contributed by atoms with Crippen molar-refractivity contribution in [1.29, 1.82) is 0 Å². The molecule has 0 aromatic carbocycles. The zero-order valence-corrected chi connectivity index (χ0v) is 13.9. The summed E-state index contributed by atoms with van der Waals surface area (Å²) in [6.45, 7) is 10.0. The molecule has 1 N–H and O–H groups in total. The first kappa shape index (κ1) is 15.0. The SMILES string of the molecule is CC(C)(C)N1CC[C@H](CNc2nc(Cl)ncc2Br)C1. The molecule has 1 atom stereocenters. The second-order valence-electron chi connectivity index (χ2n) is 5.99. The molecule has 0 amide bonds. The van der Waals surface area contributed by atoms with E-state index in [1.54, 1.807) is 6.20 Å². The first-order valence-corrected chi connectivity index (χ1v) is 7.70. The fraction of sp³-hybridized carbons (Fsp3) is 0.692. The largest absolute Gasteiger partial charge is 0.369 e. The van der Waals surface area contributed by atoms with Crippen molar-refractivity contribution in [1.82, 2.24) is 14.9 Å². The van der Waals surface area contributed by atoms with Crippen molar-refractivity contribution >= 4 is 33.3 Å². The summed E-state index contributed by atoms with van der Waals surface area (Å²) in [6.07, 6.45) is 2.90. The van der Waals surface area contributed by atoms with Gasteiger partial charge in [-0.2, -0.15) is 4.98 Å². The van der Waals surface area contributed by atoms with Gasteiger partial charge in [0.05, 0.1) is 4.47 Å². The van der Waals surface area contributed by atoms with E-state index < -0.39 is 0 Å². The van der Waals surface area contributed by atoms with E-state index in [1.807, 2.05) is 0 Å². The van der Waals surface area contributed by atoms with Crippen LogP contribution in [0.1, 0.15) is 27.2 Å². The summed E-state index contributed by atoms with van der Waals surface area (Å²) in [5.74, 6) is 1.43. The lowest BCUT2D eigenvalue weighted by atomic mass is 10.1. The molecule has 6 heteroatoms. The zero-order chi connectivity index (χ0) is 14.0. The molecule has 1 aromatic heterocycles. The molecule has 4 nitrogen and oxygen atoms in total. The molecule has 0 unspecified atom stereocenters. The molecular weight excluding hydrogens is 328 g/mol. The van der Waals surface area contributed by atoms with E-state index in [-0.39, 0.29) is 10.8 Å². The molecule has 19 heavy (non-hydrogen) atoms. The van der Waals surface area contributed by atoms with Crippen molar-refractivity contribution in [3.8, 4) is 0 Å². The van der Waals surface area contributed by atoms with Crippen LogP contribution in [-0.2, 0) is 0 Å². The molecule has 0 spiro atoms. The van der Waals surface area contributed by atoms with E-state index in [0.717, 1.165) is 23.4 Å². The molecule has 0 bridgehead atoms. The summed E-state index contributed by atoms with van der Waals surface area (Å²) in [6, 6.07) is 0. The van der Waals surface area contributed by atoms with Gasteiger partial charge >= 0.3 is 0 Å². The van der Waals surface area contributed by atoms with Gasteiger partial charge in [0.25, 0.3) is 0 Å². The van der Waals surface area contributed by atoms with Crippen molar-refractivity contribution < 1.29 is 0 Å². The highest BCUT2D eigenvalue weighted by molar-refractivity contribution is 9.10. The van der Waals surface area contributed by atoms with Crippen LogP contribution < -0.4 is 5.32 Å². The Balaban J connectivity index is 1.89. The number of hydrogen-bond donors (Lipinski definition) is 1. The van der Waals surface area contributed by atoms with E-state index in [1.165, 1.54) is 13.0 Å². The summed E-state index contributed by atoms with van der Waals surface area (Å²) in [7, 11) is 0. The van der Waals surface area contributed by atoms with Gasteiger partial charge in [-0.15, -0.1) is 0 Å². The number of halogens is 2. The topological polar surface area (TPSA) is 41.0 Å². The third-order valence-electron chi connectivity index (χ3n) is 3.51. The Morgan fingerprint density at radius 3 is 2.89 bits per heavy atom. The molecule has 1 saturated heterocycles. The molecule has 2 rings (SSSR count). The molecule has 1 aliphatic rings. The highest BCUT2D eigenvalue weighted by Crippen LogP contribution is 2.26. The maximum Gasteiger partial charge on any atom is 0.224 e. The zero-order valence-electron chi connectivity index (χ0n) is 11.6. The van der Waals surface area contributed by atoms with Crippen molar-refractivity contribution in [3.05, 3.63) is 16.0 Å². The number of nitrogens with zero attached hydrogens (tertiary/aromatic N) is 3. The second kappa shape index (κ2) is 5.94. The predicted octanol–water partition coefficient (Wildman–Crippen LogP) is 3.42. The van der Waals surface area contributed by atoms with Crippen LogP contribution in [0.15, 0.2) is 10.7 Å². The van der Waals surface area contributed by atoms with Gasteiger partial charge in [-0.1, -0.05) is 0 Å². The molecule has 0 aliphatic carbocycles. The number of anilines is 1. The van der Waals surface area contributed by atoms with Gasteiger partial charge in [0.15, 0.2) is 0 Å². The van der Waals surface area contributed by atoms with Crippen LogP contribution in [0.5, 0.6) is 0 Å². The van der Waals surface area contributed by atoms with E-state index in [9.17, 15) is 0 Å². The normalized spacial score (nSPS) is 20.8. The Morgan fingerprint density at radius 1 is 1.53 bits per heavy atom. The Labute approximate surface area is 128 Å². The van der Waals surface area contributed by atoms with Gasteiger partial charge in [-0.3, -0.25) is 4.90 Å². The lowest BCUT2D eigenvalue weighted by molar-refractivity contribution is 0.169. The summed E-state index contributed by atoms with van der Waals surface area (Å²) < 4.78 is 0.850. The van der Waals surface area contributed by atoms with E-state index in [2.05, 4.69) is 56.9 Å². The lowest BCUT2D eigenvalue weighted by Crippen LogP contribution is -2.39. The van der Waals surface area contributed by atoms with Crippen molar-refractivity contribution in [3.63, 3.8) is 0 Å². The van der Waals surface area contributed by atoms with Gasteiger partial charge in [-0.05, 0) is 67.2 Å². The van der Waals surface area contributed by atoms with Gasteiger partial charge < -0.3 is 5.32 Å². The van der Waals surface area contributed by atoms with Crippen LogP contribution in [0.25, 0.3) is 0 Å². The smallest absolute Gasteiger partial charge is 0.224 e. The number of rotatable bonds is 3. The van der Waals surface area contributed by atoms with Crippen LogP contribution in [-0.4, -0.2) is 40.0 Å². The molecule has 1 aliphatic heterocycles.